The smallest absolute Gasteiger partial charge is 0.232 e. The van der Waals surface area contributed by atoms with Crippen LogP contribution < -0.4 is 5.32 Å². The molecule has 0 aliphatic rings. The lowest BCUT2D eigenvalue weighted by Gasteiger charge is -2.15. The van der Waals surface area contributed by atoms with Crippen molar-refractivity contribution in [3.05, 3.63) is 66.6 Å². The molecular formula is C18H17N3O. The van der Waals surface area contributed by atoms with E-state index in [4.69, 9.17) is 0 Å². The number of para-hydroxylation sites is 1. The molecule has 22 heavy (non-hydrogen) atoms. The summed E-state index contributed by atoms with van der Waals surface area (Å²) >= 11 is 0. The van der Waals surface area contributed by atoms with E-state index in [-0.39, 0.29) is 11.8 Å². The van der Waals surface area contributed by atoms with E-state index in [1.807, 2.05) is 43.3 Å². The van der Waals surface area contributed by atoms with Crippen molar-refractivity contribution in [3.8, 4) is 0 Å². The van der Waals surface area contributed by atoms with E-state index in [2.05, 4.69) is 15.3 Å². The highest BCUT2D eigenvalue weighted by atomic mass is 16.1. The van der Waals surface area contributed by atoms with Crippen LogP contribution in [0.15, 0.2) is 61.1 Å². The molecule has 2 heterocycles. The van der Waals surface area contributed by atoms with Gasteiger partial charge in [0.1, 0.15) is 0 Å². The van der Waals surface area contributed by atoms with E-state index in [1.165, 1.54) is 0 Å². The minimum atomic E-state index is -0.225. The molecule has 110 valence electrons. The highest BCUT2D eigenvalue weighted by molar-refractivity contribution is 5.96. The van der Waals surface area contributed by atoms with E-state index in [0.29, 0.717) is 12.1 Å². The van der Waals surface area contributed by atoms with Crippen LogP contribution in [0.25, 0.3) is 10.9 Å². The summed E-state index contributed by atoms with van der Waals surface area (Å²) in [6, 6.07) is 13.6. The molecule has 3 aromatic rings. The number of nitrogens with one attached hydrogen (secondary N) is 1. The molecular weight excluding hydrogens is 274 g/mol. The molecule has 0 spiro atoms. The van der Waals surface area contributed by atoms with Crippen LogP contribution in [0.5, 0.6) is 0 Å². The van der Waals surface area contributed by atoms with Gasteiger partial charge >= 0.3 is 0 Å². The maximum atomic E-state index is 12.5. The van der Waals surface area contributed by atoms with E-state index in [1.54, 1.807) is 24.7 Å². The lowest BCUT2D eigenvalue weighted by molar-refractivity contribution is -0.117. The number of amides is 1. The van der Waals surface area contributed by atoms with Gasteiger partial charge in [0.25, 0.3) is 0 Å². The third-order valence-electron chi connectivity index (χ3n) is 3.67. The highest BCUT2D eigenvalue weighted by Gasteiger charge is 2.19. The number of hydrogen-bond acceptors (Lipinski definition) is 3. The fourth-order valence-electron chi connectivity index (χ4n) is 2.52. The summed E-state index contributed by atoms with van der Waals surface area (Å²) in [6.07, 6.45) is 5.83. The van der Waals surface area contributed by atoms with Gasteiger partial charge in [0, 0.05) is 17.8 Å². The second kappa shape index (κ2) is 6.35. The van der Waals surface area contributed by atoms with Crippen LogP contribution >= 0.6 is 0 Å². The van der Waals surface area contributed by atoms with Gasteiger partial charge in [-0.05, 0) is 36.2 Å². The highest BCUT2D eigenvalue weighted by Crippen LogP contribution is 2.24. The summed E-state index contributed by atoms with van der Waals surface area (Å²) < 4.78 is 0. The third-order valence-corrected chi connectivity index (χ3v) is 3.67. The Labute approximate surface area is 129 Å². The van der Waals surface area contributed by atoms with Gasteiger partial charge < -0.3 is 5.32 Å². The summed E-state index contributed by atoms with van der Waals surface area (Å²) in [6.45, 7) is 2.00. The number of hydrogen-bond donors (Lipinski definition) is 1. The van der Waals surface area contributed by atoms with Gasteiger partial charge in [-0.1, -0.05) is 25.1 Å². The Balaban J connectivity index is 1.87. The second-order valence-corrected chi connectivity index (χ2v) is 5.15. The van der Waals surface area contributed by atoms with Crippen molar-refractivity contribution in [3.63, 3.8) is 0 Å². The van der Waals surface area contributed by atoms with Crippen LogP contribution in [0.2, 0.25) is 0 Å². The number of carbonyl (C=O) groups excluding carboxylic acids is 1. The predicted molar refractivity (Wildman–Crippen MR) is 87.6 cm³/mol. The maximum absolute atomic E-state index is 12.5. The van der Waals surface area contributed by atoms with Gasteiger partial charge in [0.2, 0.25) is 5.91 Å². The average molecular weight is 291 g/mol. The van der Waals surface area contributed by atoms with Crippen molar-refractivity contribution < 1.29 is 4.79 Å². The van der Waals surface area contributed by atoms with Gasteiger partial charge in [-0.15, -0.1) is 0 Å². The molecule has 0 saturated heterocycles. The largest absolute Gasteiger partial charge is 0.324 e. The molecule has 2 aromatic heterocycles. The fraction of sp³-hybridized carbons (Fsp3) is 0.167. The molecule has 4 nitrogen and oxygen atoms in total. The number of aromatic nitrogens is 2. The van der Waals surface area contributed by atoms with Gasteiger partial charge in [-0.2, -0.15) is 0 Å². The number of fused-ring (bicyclic) bond motifs is 1. The zero-order valence-corrected chi connectivity index (χ0v) is 12.4. The summed E-state index contributed by atoms with van der Waals surface area (Å²) in [5.74, 6) is -0.259. The van der Waals surface area contributed by atoms with E-state index in [9.17, 15) is 4.79 Å². The quantitative estimate of drug-likeness (QED) is 0.796. The van der Waals surface area contributed by atoms with Gasteiger partial charge in [-0.3, -0.25) is 14.8 Å². The van der Waals surface area contributed by atoms with Crippen molar-refractivity contribution in [1.82, 2.24) is 9.97 Å². The molecule has 4 heteroatoms. The maximum Gasteiger partial charge on any atom is 0.232 e. The molecule has 0 aliphatic heterocycles. The van der Waals surface area contributed by atoms with Crippen LogP contribution in [0.3, 0.4) is 0 Å². The van der Waals surface area contributed by atoms with Crippen molar-refractivity contribution in [1.29, 1.82) is 0 Å². The molecule has 3 rings (SSSR count). The first-order valence-electron chi connectivity index (χ1n) is 7.33. The monoisotopic (exact) mass is 291 g/mol. The lowest BCUT2D eigenvalue weighted by Crippen LogP contribution is -2.20. The SMILES string of the molecule is CCC(C(=O)Nc1cccnc1)c1cnc2ccccc2c1. The molecule has 0 saturated carbocycles. The Bertz CT molecular complexity index is 786. The van der Waals surface area contributed by atoms with E-state index < -0.39 is 0 Å². The number of pyridine rings is 2. The lowest BCUT2D eigenvalue weighted by atomic mass is 9.96. The first-order chi connectivity index (χ1) is 10.8. The van der Waals surface area contributed by atoms with Crippen LogP contribution in [0.1, 0.15) is 24.8 Å². The van der Waals surface area contributed by atoms with Crippen LogP contribution in [0, 0.1) is 0 Å². The van der Waals surface area contributed by atoms with Crippen molar-refractivity contribution in [2.24, 2.45) is 0 Å². The minimum Gasteiger partial charge on any atom is -0.324 e. The summed E-state index contributed by atoms with van der Waals surface area (Å²) in [7, 11) is 0. The predicted octanol–water partition coefficient (Wildman–Crippen LogP) is 3.76. The summed E-state index contributed by atoms with van der Waals surface area (Å²) in [4.78, 5) is 21.0. The number of anilines is 1. The van der Waals surface area contributed by atoms with Gasteiger partial charge in [0.05, 0.1) is 23.3 Å². The third kappa shape index (κ3) is 2.96. The Kier molecular flexibility index (Phi) is 4.10. The molecule has 0 radical (unpaired) electrons. The molecule has 1 aromatic carbocycles. The number of rotatable bonds is 4. The Hall–Kier alpha value is -2.75. The van der Waals surface area contributed by atoms with Gasteiger partial charge in [0.15, 0.2) is 0 Å². The van der Waals surface area contributed by atoms with Crippen LogP contribution in [-0.4, -0.2) is 15.9 Å². The molecule has 0 aliphatic carbocycles. The average Bonchev–Trinajstić information content (AvgIpc) is 2.56. The van der Waals surface area contributed by atoms with E-state index in [0.717, 1.165) is 16.5 Å². The first kappa shape index (κ1) is 14.2. The van der Waals surface area contributed by atoms with Gasteiger partial charge in [-0.25, -0.2) is 0 Å². The fourth-order valence-corrected chi connectivity index (χ4v) is 2.52. The number of nitrogens with zero attached hydrogens (tertiary/aromatic N) is 2. The van der Waals surface area contributed by atoms with Crippen LogP contribution in [-0.2, 0) is 4.79 Å². The number of benzene rings is 1. The second-order valence-electron chi connectivity index (χ2n) is 5.15. The normalized spacial score (nSPS) is 12.0. The Morgan fingerprint density at radius 1 is 1.18 bits per heavy atom. The topological polar surface area (TPSA) is 54.9 Å². The van der Waals surface area contributed by atoms with Crippen molar-refractivity contribution in [2.75, 3.05) is 5.32 Å². The Morgan fingerprint density at radius 2 is 2.05 bits per heavy atom. The summed E-state index contributed by atoms with van der Waals surface area (Å²) in [5, 5.41) is 3.96. The molecule has 1 amide bonds. The van der Waals surface area contributed by atoms with Crippen molar-refractivity contribution in [2.45, 2.75) is 19.3 Å². The van der Waals surface area contributed by atoms with E-state index >= 15 is 0 Å². The number of carbonyl (C=O) groups is 1. The molecule has 1 atom stereocenters. The molecule has 0 bridgehead atoms. The molecule has 0 fully saturated rings. The Morgan fingerprint density at radius 3 is 2.82 bits per heavy atom. The minimum absolute atomic E-state index is 0.0346. The zero-order chi connectivity index (χ0) is 15.4. The van der Waals surface area contributed by atoms with Crippen LogP contribution in [0.4, 0.5) is 5.69 Å². The zero-order valence-electron chi connectivity index (χ0n) is 12.4. The summed E-state index contributed by atoms with van der Waals surface area (Å²) in [5.41, 5.74) is 2.58. The molecule has 1 N–H and O–H groups in total. The standard InChI is InChI=1S/C18H17N3O/c1-2-16(18(22)21-15-7-5-9-19-12-15)14-10-13-6-3-4-8-17(13)20-11-14/h3-12,16H,2H2,1H3,(H,21,22). The van der Waals surface area contributed by atoms with Crippen molar-refractivity contribution >= 4 is 22.5 Å². The molecule has 1 unspecified atom stereocenters. The first-order valence-corrected chi connectivity index (χ1v) is 7.33.